The second-order valence-corrected chi connectivity index (χ2v) is 4.21. The lowest BCUT2D eigenvalue weighted by molar-refractivity contribution is 0.304. The van der Waals surface area contributed by atoms with Gasteiger partial charge in [-0.25, -0.2) is 4.39 Å². The van der Waals surface area contributed by atoms with Crippen molar-refractivity contribution in [3.8, 4) is 5.75 Å². The fourth-order valence-corrected chi connectivity index (χ4v) is 1.68. The number of hydrogen-bond donors (Lipinski definition) is 1. The van der Waals surface area contributed by atoms with E-state index < -0.39 is 0 Å². The highest BCUT2D eigenvalue weighted by atomic mass is 19.1. The van der Waals surface area contributed by atoms with Crippen LogP contribution in [0.4, 0.5) is 4.39 Å². The maximum Gasteiger partial charge on any atom is 0.123 e. The van der Waals surface area contributed by atoms with E-state index in [0.29, 0.717) is 13.2 Å². The van der Waals surface area contributed by atoms with Crippen LogP contribution in [0.2, 0.25) is 0 Å². The zero-order valence-electron chi connectivity index (χ0n) is 10.3. The molecule has 0 aromatic heterocycles. The molecule has 0 heterocycles. The van der Waals surface area contributed by atoms with Gasteiger partial charge in [0.15, 0.2) is 0 Å². The van der Waals surface area contributed by atoms with Gasteiger partial charge in [-0.1, -0.05) is 18.2 Å². The summed E-state index contributed by atoms with van der Waals surface area (Å²) < 4.78 is 18.7. The second-order valence-electron chi connectivity index (χ2n) is 4.21. The number of rotatable bonds is 4. The van der Waals surface area contributed by atoms with Crippen molar-refractivity contribution in [1.29, 1.82) is 0 Å². The third-order valence-electron chi connectivity index (χ3n) is 2.86. The van der Waals surface area contributed by atoms with Gasteiger partial charge in [0.25, 0.3) is 0 Å². The Kier molecular flexibility index (Phi) is 3.95. The van der Waals surface area contributed by atoms with Crippen molar-refractivity contribution < 1.29 is 9.13 Å². The van der Waals surface area contributed by atoms with E-state index in [4.69, 9.17) is 10.5 Å². The summed E-state index contributed by atoms with van der Waals surface area (Å²) in [4.78, 5) is 0. The predicted molar refractivity (Wildman–Crippen MR) is 69.8 cm³/mol. The molecule has 0 bridgehead atoms. The molecular formula is C15H16FNO. The smallest absolute Gasteiger partial charge is 0.123 e. The fraction of sp³-hybridized carbons (Fsp3) is 0.200. The van der Waals surface area contributed by atoms with Crippen molar-refractivity contribution in [3.05, 3.63) is 65.0 Å². The van der Waals surface area contributed by atoms with E-state index in [9.17, 15) is 4.39 Å². The Hall–Kier alpha value is -1.87. The van der Waals surface area contributed by atoms with Gasteiger partial charge in [0, 0.05) is 6.54 Å². The van der Waals surface area contributed by atoms with Crippen LogP contribution in [-0.4, -0.2) is 0 Å². The molecule has 2 rings (SSSR count). The third kappa shape index (κ3) is 3.08. The molecule has 0 saturated carbocycles. The van der Waals surface area contributed by atoms with Crippen LogP contribution in [0.3, 0.4) is 0 Å². The zero-order chi connectivity index (χ0) is 13.0. The van der Waals surface area contributed by atoms with Gasteiger partial charge in [0.05, 0.1) is 0 Å². The molecule has 2 nitrogen and oxygen atoms in total. The van der Waals surface area contributed by atoms with E-state index in [1.54, 1.807) is 6.07 Å². The molecule has 0 unspecified atom stereocenters. The monoisotopic (exact) mass is 245 g/mol. The molecule has 2 N–H and O–H groups in total. The lowest BCUT2D eigenvalue weighted by Gasteiger charge is -2.09. The Morgan fingerprint density at radius 2 is 1.83 bits per heavy atom. The van der Waals surface area contributed by atoms with Crippen molar-refractivity contribution in [3.63, 3.8) is 0 Å². The van der Waals surface area contributed by atoms with Crippen LogP contribution in [-0.2, 0) is 13.2 Å². The lowest BCUT2D eigenvalue weighted by Crippen LogP contribution is -1.99. The molecule has 2 aromatic rings. The van der Waals surface area contributed by atoms with E-state index in [1.807, 2.05) is 31.2 Å². The number of nitrogens with two attached hydrogens (primary N) is 1. The van der Waals surface area contributed by atoms with Crippen molar-refractivity contribution >= 4 is 0 Å². The molecule has 0 amide bonds. The Bertz CT molecular complexity index is 523. The SMILES string of the molecule is Cc1ccc(F)cc1COc1ccc(CN)cc1. The molecule has 0 fully saturated rings. The molecule has 3 heteroatoms. The predicted octanol–water partition coefficient (Wildman–Crippen LogP) is 3.17. The van der Waals surface area contributed by atoms with Crippen molar-refractivity contribution in [2.75, 3.05) is 0 Å². The Labute approximate surface area is 106 Å². The molecular weight excluding hydrogens is 229 g/mol. The number of hydrogen-bond acceptors (Lipinski definition) is 2. The van der Waals surface area contributed by atoms with Gasteiger partial charge in [-0.3, -0.25) is 0 Å². The highest BCUT2D eigenvalue weighted by Crippen LogP contribution is 2.16. The van der Waals surface area contributed by atoms with Crippen LogP contribution in [0.15, 0.2) is 42.5 Å². The molecule has 0 radical (unpaired) electrons. The van der Waals surface area contributed by atoms with Gasteiger partial charge in [-0.2, -0.15) is 0 Å². The number of ether oxygens (including phenoxy) is 1. The first-order valence-electron chi connectivity index (χ1n) is 5.86. The molecule has 18 heavy (non-hydrogen) atoms. The van der Waals surface area contributed by atoms with Gasteiger partial charge in [0.2, 0.25) is 0 Å². The largest absolute Gasteiger partial charge is 0.489 e. The summed E-state index contributed by atoms with van der Waals surface area (Å²) in [5.74, 6) is 0.522. The minimum absolute atomic E-state index is 0.238. The average molecular weight is 245 g/mol. The van der Waals surface area contributed by atoms with Crippen LogP contribution in [0.25, 0.3) is 0 Å². The first-order valence-corrected chi connectivity index (χ1v) is 5.86. The highest BCUT2D eigenvalue weighted by Gasteiger charge is 2.02. The number of halogens is 1. The summed E-state index contributed by atoms with van der Waals surface area (Å²) in [5.41, 5.74) is 8.46. The second kappa shape index (κ2) is 5.65. The van der Waals surface area contributed by atoms with Crippen LogP contribution in [0.1, 0.15) is 16.7 Å². The number of aryl methyl sites for hydroxylation is 1. The minimum atomic E-state index is -0.238. The summed E-state index contributed by atoms with van der Waals surface area (Å²) in [5, 5.41) is 0. The van der Waals surface area contributed by atoms with Gasteiger partial charge in [0.1, 0.15) is 18.2 Å². The molecule has 0 saturated heterocycles. The van der Waals surface area contributed by atoms with E-state index in [2.05, 4.69) is 0 Å². The molecule has 0 aliphatic rings. The first-order chi connectivity index (χ1) is 8.69. The van der Waals surface area contributed by atoms with Crippen molar-refractivity contribution in [2.24, 2.45) is 5.73 Å². The maximum atomic E-state index is 13.1. The molecule has 0 spiro atoms. The maximum absolute atomic E-state index is 13.1. The number of benzene rings is 2. The zero-order valence-corrected chi connectivity index (χ0v) is 10.3. The van der Waals surface area contributed by atoms with Crippen LogP contribution < -0.4 is 10.5 Å². The van der Waals surface area contributed by atoms with Crippen LogP contribution in [0, 0.1) is 12.7 Å². The van der Waals surface area contributed by atoms with Gasteiger partial charge in [-0.05, 0) is 47.9 Å². The highest BCUT2D eigenvalue weighted by molar-refractivity contribution is 5.29. The topological polar surface area (TPSA) is 35.2 Å². The lowest BCUT2D eigenvalue weighted by atomic mass is 10.1. The van der Waals surface area contributed by atoms with E-state index in [0.717, 1.165) is 22.4 Å². The van der Waals surface area contributed by atoms with Crippen molar-refractivity contribution in [2.45, 2.75) is 20.1 Å². The molecule has 0 atom stereocenters. The Morgan fingerprint density at radius 1 is 1.11 bits per heavy atom. The van der Waals surface area contributed by atoms with Crippen molar-refractivity contribution in [1.82, 2.24) is 0 Å². The molecule has 0 aliphatic carbocycles. The van der Waals surface area contributed by atoms with Gasteiger partial charge in [-0.15, -0.1) is 0 Å². The van der Waals surface area contributed by atoms with E-state index in [-0.39, 0.29) is 5.82 Å². The van der Waals surface area contributed by atoms with Crippen LogP contribution in [0.5, 0.6) is 5.75 Å². The summed E-state index contributed by atoms with van der Waals surface area (Å²) in [7, 11) is 0. The third-order valence-corrected chi connectivity index (χ3v) is 2.86. The summed E-state index contributed by atoms with van der Waals surface area (Å²) >= 11 is 0. The quantitative estimate of drug-likeness (QED) is 0.898. The molecule has 0 aliphatic heterocycles. The van der Waals surface area contributed by atoms with Gasteiger partial charge < -0.3 is 10.5 Å². The van der Waals surface area contributed by atoms with Crippen LogP contribution >= 0.6 is 0 Å². The summed E-state index contributed by atoms with van der Waals surface area (Å²) in [6.45, 7) is 2.82. The van der Waals surface area contributed by atoms with E-state index in [1.165, 1.54) is 12.1 Å². The fourth-order valence-electron chi connectivity index (χ4n) is 1.68. The van der Waals surface area contributed by atoms with Gasteiger partial charge >= 0.3 is 0 Å². The summed E-state index contributed by atoms with van der Waals surface area (Å²) in [6, 6.07) is 12.3. The first kappa shape index (κ1) is 12.6. The molecule has 94 valence electrons. The summed E-state index contributed by atoms with van der Waals surface area (Å²) in [6.07, 6.45) is 0. The standard InChI is InChI=1S/C15H16FNO/c1-11-2-5-14(16)8-13(11)10-18-15-6-3-12(9-17)4-7-15/h2-8H,9-10,17H2,1H3. The molecule has 2 aromatic carbocycles. The van der Waals surface area contributed by atoms with E-state index >= 15 is 0 Å². The minimum Gasteiger partial charge on any atom is -0.489 e. The average Bonchev–Trinajstić information content (AvgIpc) is 2.40. The Morgan fingerprint density at radius 3 is 2.50 bits per heavy atom. The Balaban J connectivity index is 2.04. The normalized spacial score (nSPS) is 10.4.